The van der Waals surface area contributed by atoms with Gasteiger partial charge in [0.1, 0.15) is 18.3 Å². The molecule has 4 aromatic rings. The highest BCUT2D eigenvalue weighted by Gasteiger charge is 2.62. The van der Waals surface area contributed by atoms with Gasteiger partial charge in [0, 0.05) is 42.6 Å². The van der Waals surface area contributed by atoms with E-state index in [0.717, 1.165) is 58.0 Å². The molecule has 0 radical (unpaired) electrons. The fourth-order valence-corrected chi connectivity index (χ4v) is 6.95. The number of ether oxygens (including phenoxy) is 2. The third-order valence-electron chi connectivity index (χ3n) is 9.29. The lowest BCUT2D eigenvalue weighted by Crippen LogP contribution is -2.48. The van der Waals surface area contributed by atoms with E-state index < -0.39 is 6.09 Å². The van der Waals surface area contributed by atoms with E-state index in [9.17, 15) is 14.7 Å². The SMILES string of the molecule is CN1[C@H]2C[C@H](OC(=O)Nc3ccc(CCCC(=O)Nc4ccc5cc(CO)ccc5c4)cc3-c3ccccc3)C[C@H]1[C@H]1O[C@H]12. The van der Waals surface area contributed by atoms with Crippen LogP contribution in [0.3, 0.4) is 0 Å². The maximum atomic E-state index is 13.0. The number of carbonyl (C=O) groups excluding carboxylic acids is 2. The van der Waals surface area contributed by atoms with E-state index in [1.54, 1.807) is 0 Å². The molecule has 226 valence electrons. The lowest BCUT2D eigenvalue weighted by molar-refractivity contribution is -0.116. The number of hydrogen-bond donors (Lipinski definition) is 3. The van der Waals surface area contributed by atoms with E-state index in [1.165, 1.54) is 0 Å². The number of aliphatic hydroxyl groups excluding tert-OH is 1. The third kappa shape index (κ3) is 5.93. The molecule has 8 heteroatoms. The number of epoxide rings is 1. The molecule has 7 rings (SSSR count). The molecule has 0 saturated carbocycles. The summed E-state index contributed by atoms with van der Waals surface area (Å²) in [5.41, 5.74) is 5.33. The van der Waals surface area contributed by atoms with Crippen LogP contribution >= 0.6 is 0 Å². The van der Waals surface area contributed by atoms with Gasteiger partial charge in [-0.05, 0) is 77.7 Å². The van der Waals surface area contributed by atoms with Crippen LogP contribution in [-0.2, 0) is 27.3 Å². The van der Waals surface area contributed by atoms with Gasteiger partial charge in [0.2, 0.25) is 5.91 Å². The first-order valence-corrected chi connectivity index (χ1v) is 15.4. The van der Waals surface area contributed by atoms with Gasteiger partial charge in [-0.3, -0.25) is 15.0 Å². The average Bonchev–Trinajstić information content (AvgIpc) is 3.80. The quantitative estimate of drug-likeness (QED) is 0.203. The number of carbonyl (C=O) groups is 2. The maximum absolute atomic E-state index is 13.0. The molecule has 3 fully saturated rings. The first-order chi connectivity index (χ1) is 21.4. The summed E-state index contributed by atoms with van der Waals surface area (Å²) >= 11 is 0. The third-order valence-corrected chi connectivity index (χ3v) is 9.29. The Kier molecular flexibility index (Phi) is 7.80. The molecule has 3 aliphatic heterocycles. The second-order valence-electron chi connectivity index (χ2n) is 12.2. The van der Waals surface area contributed by atoms with E-state index in [-0.39, 0.29) is 18.6 Å². The van der Waals surface area contributed by atoms with E-state index in [0.29, 0.717) is 42.8 Å². The summed E-state index contributed by atoms with van der Waals surface area (Å²) in [6.07, 6.45) is 3.44. The van der Waals surface area contributed by atoms with Gasteiger partial charge in [-0.15, -0.1) is 0 Å². The van der Waals surface area contributed by atoms with Crippen LogP contribution in [0.15, 0.2) is 84.9 Å². The molecule has 0 spiro atoms. The molecule has 4 aromatic carbocycles. The van der Waals surface area contributed by atoms with Gasteiger partial charge in [0.25, 0.3) is 0 Å². The van der Waals surface area contributed by atoms with Crippen molar-refractivity contribution in [2.45, 2.75) is 69.1 Å². The predicted molar refractivity (Wildman–Crippen MR) is 170 cm³/mol. The number of nitrogens with zero attached hydrogens (tertiary/aromatic N) is 1. The molecule has 8 nitrogen and oxygen atoms in total. The molecule has 5 atom stereocenters. The molecule has 3 saturated heterocycles. The number of likely N-dealkylation sites (N-methyl/N-ethyl adjacent to an activating group) is 1. The summed E-state index contributed by atoms with van der Waals surface area (Å²) in [5.74, 6) is -0.0353. The number of hydrogen-bond acceptors (Lipinski definition) is 6. The minimum atomic E-state index is -0.433. The molecule has 0 aliphatic carbocycles. The highest BCUT2D eigenvalue weighted by Crippen LogP contribution is 2.48. The number of rotatable bonds is 9. The van der Waals surface area contributed by atoms with Crippen molar-refractivity contribution in [1.29, 1.82) is 0 Å². The molecule has 3 heterocycles. The monoisotopic (exact) mass is 591 g/mol. The van der Waals surface area contributed by atoms with Crippen LogP contribution in [0, 0.1) is 0 Å². The Morgan fingerprint density at radius 3 is 2.39 bits per heavy atom. The summed E-state index contributed by atoms with van der Waals surface area (Å²) in [7, 11) is 2.14. The van der Waals surface area contributed by atoms with Crippen LogP contribution in [0.1, 0.15) is 36.8 Å². The molecular weight excluding hydrogens is 554 g/mol. The van der Waals surface area contributed by atoms with Gasteiger partial charge in [0.15, 0.2) is 0 Å². The van der Waals surface area contributed by atoms with Crippen LogP contribution in [0.5, 0.6) is 0 Å². The predicted octanol–water partition coefficient (Wildman–Crippen LogP) is 6.12. The Bertz CT molecular complexity index is 1670. The second kappa shape index (κ2) is 12.0. The van der Waals surface area contributed by atoms with Gasteiger partial charge in [-0.25, -0.2) is 4.79 Å². The largest absolute Gasteiger partial charge is 0.446 e. The molecular formula is C36H37N3O5. The van der Waals surface area contributed by atoms with Gasteiger partial charge >= 0.3 is 6.09 Å². The number of benzene rings is 4. The lowest BCUT2D eigenvalue weighted by Gasteiger charge is -2.37. The van der Waals surface area contributed by atoms with Crippen molar-refractivity contribution in [1.82, 2.24) is 4.90 Å². The summed E-state index contributed by atoms with van der Waals surface area (Å²) in [5, 5.41) is 17.4. The molecule has 3 N–H and O–H groups in total. The number of amides is 2. The van der Waals surface area contributed by atoms with Crippen molar-refractivity contribution in [3.63, 3.8) is 0 Å². The Morgan fingerprint density at radius 1 is 0.886 bits per heavy atom. The Labute approximate surface area is 257 Å². The fraction of sp³-hybridized carbons (Fsp3) is 0.333. The minimum Gasteiger partial charge on any atom is -0.446 e. The van der Waals surface area contributed by atoms with E-state index in [1.807, 2.05) is 78.9 Å². The first kappa shape index (κ1) is 28.5. The topological polar surface area (TPSA) is 103 Å². The van der Waals surface area contributed by atoms with Crippen LogP contribution in [0.4, 0.5) is 16.2 Å². The standard InChI is InChI=1S/C36H37N3O5/c1-39-31-19-28(20-32(39)35-34(31)44-35)43-36(42)38-30-15-11-22(17-29(30)24-7-3-2-4-8-24)6-5-9-33(41)37-27-14-13-25-16-23(21-40)10-12-26(25)18-27/h2-4,7-8,10-18,28,31-32,34-35,40H,5-6,9,19-21H2,1H3,(H,37,41)(H,38,42)/t28-,31-,32-,34-,35+/m0/s1. The van der Waals surface area contributed by atoms with Gasteiger partial charge < -0.3 is 19.9 Å². The van der Waals surface area contributed by atoms with Gasteiger partial charge in [0.05, 0.1) is 12.3 Å². The van der Waals surface area contributed by atoms with Crippen molar-refractivity contribution in [3.8, 4) is 11.1 Å². The average molecular weight is 592 g/mol. The second-order valence-corrected chi connectivity index (χ2v) is 12.2. The number of nitrogens with one attached hydrogen (secondary N) is 2. The zero-order chi connectivity index (χ0) is 30.2. The zero-order valence-electron chi connectivity index (χ0n) is 24.7. The normalized spacial score (nSPS) is 23.6. The zero-order valence-corrected chi connectivity index (χ0v) is 24.7. The number of aliphatic hydroxyl groups is 1. The van der Waals surface area contributed by atoms with Crippen LogP contribution in [-0.4, -0.2) is 59.5 Å². The summed E-state index contributed by atoms with van der Waals surface area (Å²) in [4.78, 5) is 28.1. The highest BCUT2D eigenvalue weighted by atomic mass is 16.6. The lowest BCUT2D eigenvalue weighted by atomic mass is 9.98. The molecule has 44 heavy (non-hydrogen) atoms. The van der Waals surface area contributed by atoms with Crippen molar-refractivity contribution >= 4 is 34.1 Å². The van der Waals surface area contributed by atoms with Crippen LogP contribution in [0.25, 0.3) is 21.9 Å². The summed E-state index contributed by atoms with van der Waals surface area (Å²) < 4.78 is 11.7. The number of piperidine rings is 1. The summed E-state index contributed by atoms with van der Waals surface area (Å²) in [6.45, 7) is 0.00344. The van der Waals surface area contributed by atoms with E-state index in [2.05, 4.69) is 28.6 Å². The number of anilines is 2. The number of morpholine rings is 1. The maximum Gasteiger partial charge on any atom is 0.411 e. The Hall–Kier alpha value is -4.24. The van der Waals surface area contributed by atoms with Gasteiger partial charge in [-0.2, -0.15) is 0 Å². The molecule has 2 bridgehead atoms. The van der Waals surface area contributed by atoms with Crippen molar-refractivity contribution in [2.24, 2.45) is 0 Å². The number of aryl methyl sites for hydroxylation is 1. The number of fused-ring (bicyclic) bond motifs is 6. The Balaban J connectivity index is 0.967. The van der Waals surface area contributed by atoms with E-state index >= 15 is 0 Å². The van der Waals surface area contributed by atoms with Crippen molar-refractivity contribution in [3.05, 3.63) is 96.1 Å². The molecule has 2 amide bonds. The van der Waals surface area contributed by atoms with Crippen LogP contribution < -0.4 is 10.6 Å². The minimum absolute atomic E-state index is 0.00344. The Morgan fingerprint density at radius 2 is 1.61 bits per heavy atom. The molecule has 3 aliphatic rings. The first-order valence-electron chi connectivity index (χ1n) is 15.4. The highest BCUT2D eigenvalue weighted by molar-refractivity contribution is 5.95. The molecule has 0 unspecified atom stereocenters. The van der Waals surface area contributed by atoms with Gasteiger partial charge in [-0.1, -0.05) is 54.6 Å². The summed E-state index contributed by atoms with van der Waals surface area (Å²) in [6, 6.07) is 28.2. The molecule has 0 aromatic heterocycles. The van der Waals surface area contributed by atoms with E-state index in [4.69, 9.17) is 9.47 Å². The van der Waals surface area contributed by atoms with Crippen molar-refractivity contribution in [2.75, 3.05) is 17.7 Å². The smallest absolute Gasteiger partial charge is 0.411 e. The van der Waals surface area contributed by atoms with Crippen molar-refractivity contribution < 1.29 is 24.2 Å². The fourth-order valence-electron chi connectivity index (χ4n) is 6.95. The van der Waals surface area contributed by atoms with Crippen LogP contribution in [0.2, 0.25) is 0 Å².